The van der Waals surface area contributed by atoms with Crippen molar-refractivity contribution in [2.75, 3.05) is 26.4 Å². The van der Waals surface area contributed by atoms with Crippen LogP contribution in [0, 0.1) is 0 Å². The van der Waals surface area contributed by atoms with Crippen LogP contribution in [0.4, 0.5) is 0 Å². The van der Waals surface area contributed by atoms with Gasteiger partial charge in [0.25, 0.3) is 0 Å². The van der Waals surface area contributed by atoms with Crippen molar-refractivity contribution in [1.29, 1.82) is 0 Å². The Balaban J connectivity index is 0.00000800. The molecule has 0 bridgehead atoms. The van der Waals surface area contributed by atoms with Gasteiger partial charge in [0.1, 0.15) is 11.5 Å². The minimum atomic E-state index is -0.193. The number of nitrogens with zero attached hydrogens (tertiary/aromatic N) is 3. The molecule has 40 heavy (non-hydrogen) atoms. The molecule has 2 aromatic carbocycles. The van der Waals surface area contributed by atoms with Gasteiger partial charge in [-0.3, -0.25) is 15.4 Å². The maximum atomic E-state index is 5.55. The molecule has 9 nitrogen and oxygen atoms in total. The third kappa shape index (κ3) is 14.4. The summed E-state index contributed by atoms with van der Waals surface area (Å²) < 4.78 is 18.3. The molecule has 0 aliphatic rings. The quantitative estimate of drug-likeness (QED) is 0.0551. The van der Waals surface area contributed by atoms with Crippen LogP contribution in [0.1, 0.15) is 38.3 Å². The number of amidine groups is 2. The topological polar surface area (TPSA) is 101 Å². The fraction of sp³-hybridized carbons (Fsp3) is 0.423. The molecule has 2 aromatic rings. The number of hydrogen-bond donors (Lipinski definition) is 3. The molecule has 0 aromatic heterocycles. The number of hydrazone groups is 1. The summed E-state index contributed by atoms with van der Waals surface area (Å²) in [5.41, 5.74) is 10.9. The summed E-state index contributed by atoms with van der Waals surface area (Å²) in [6, 6.07) is 11.5. The number of ether oxygens (including phenoxy) is 3. The van der Waals surface area contributed by atoms with E-state index in [1.165, 1.54) is 0 Å². The van der Waals surface area contributed by atoms with E-state index in [1.807, 2.05) is 57.2 Å². The van der Waals surface area contributed by atoms with Crippen LogP contribution >= 0.6 is 31.9 Å². The van der Waals surface area contributed by atoms with Gasteiger partial charge in [-0.15, -0.1) is 0 Å². The largest absolute Gasteiger partial charge is 2.00 e. The van der Waals surface area contributed by atoms with Crippen LogP contribution in [0.15, 0.2) is 60.4 Å². The second kappa shape index (κ2) is 21.2. The van der Waals surface area contributed by atoms with Crippen molar-refractivity contribution in [3.8, 4) is 11.5 Å². The molecule has 1 radical (unpaired) electrons. The van der Waals surface area contributed by atoms with Crippen LogP contribution in [0.5, 0.6) is 11.5 Å². The fourth-order valence-electron chi connectivity index (χ4n) is 3.11. The first-order valence-corrected chi connectivity index (χ1v) is 14.9. The summed E-state index contributed by atoms with van der Waals surface area (Å²) in [4.78, 5) is 8.79. The van der Waals surface area contributed by atoms with Crippen molar-refractivity contribution in [1.82, 2.24) is 16.3 Å². The molecule has 223 valence electrons. The first kappa shape index (κ1) is 36.5. The standard InChI is InChI=1S/C26H36Br2N6O3S2.Cu/c1-4-35-12-11-20(32-34-26(39)30-16-19-8-10-24(37-6-3)22(28)14-19)17-31-33-25(38)29-15-18-7-9-23(36-5-2)21(27)13-18;/h7-10,13-14,17,20,32H,4-6,11-12,15-16H2,1-3H3,(H2,29,33,38)(H2,30,34,39);/q;+2/p-2. The first-order valence-electron chi connectivity index (χ1n) is 12.5. The Morgan fingerprint density at radius 3 is 1.93 bits per heavy atom. The SMILES string of the molecule is CCOCCC(C=NNC([S-])=NCc1ccc(OCC)c(Br)c1)NNC([S-])=NCc1ccc(OCC)c(Br)c1.[Cu+2]. The van der Waals surface area contributed by atoms with Crippen molar-refractivity contribution in [3.05, 3.63) is 56.5 Å². The molecule has 0 amide bonds. The summed E-state index contributed by atoms with van der Waals surface area (Å²) in [5, 5.41) is 4.84. The van der Waals surface area contributed by atoms with Crippen molar-refractivity contribution >= 4 is 73.7 Å². The number of hydrazine groups is 1. The Morgan fingerprint density at radius 1 is 0.875 bits per heavy atom. The molecule has 0 aliphatic heterocycles. The van der Waals surface area contributed by atoms with E-state index in [9.17, 15) is 0 Å². The minimum absolute atomic E-state index is 0. The average Bonchev–Trinajstić information content (AvgIpc) is 2.92. The van der Waals surface area contributed by atoms with Gasteiger partial charge in [-0.05, 0) is 105 Å². The van der Waals surface area contributed by atoms with Gasteiger partial charge in [0.15, 0.2) is 0 Å². The van der Waals surface area contributed by atoms with Crippen molar-refractivity contribution < 1.29 is 31.3 Å². The second-order valence-corrected chi connectivity index (χ2v) is 10.4. The van der Waals surface area contributed by atoms with Gasteiger partial charge in [-0.25, -0.2) is 5.43 Å². The molecule has 0 saturated heterocycles. The Labute approximate surface area is 275 Å². The molecule has 14 heteroatoms. The van der Waals surface area contributed by atoms with Gasteiger partial charge in [-0.1, -0.05) is 12.1 Å². The van der Waals surface area contributed by atoms with E-state index < -0.39 is 0 Å². The molecule has 1 unspecified atom stereocenters. The van der Waals surface area contributed by atoms with Gasteiger partial charge >= 0.3 is 17.1 Å². The molecular formula is C26H34Br2CuN6O3S2. The number of hydrogen-bond acceptors (Lipinski definition) is 9. The molecule has 2 rings (SSSR count). The predicted molar refractivity (Wildman–Crippen MR) is 170 cm³/mol. The van der Waals surface area contributed by atoms with Crippen LogP contribution in [0.3, 0.4) is 0 Å². The molecule has 0 fully saturated rings. The van der Waals surface area contributed by atoms with E-state index in [2.05, 4.69) is 63.2 Å². The Bertz CT molecular complexity index is 1130. The number of benzene rings is 2. The monoisotopic (exact) mass is 763 g/mol. The maximum absolute atomic E-state index is 5.55. The molecule has 0 spiro atoms. The van der Waals surface area contributed by atoms with Crippen molar-refractivity contribution in [2.45, 2.75) is 46.3 Å². The van der Waals surface area contributed by atoms with Gasteiger partial charge < -0.3 is 44.9 Å². The third-order valence-electron chi connectivity index (χ3n) is 4.96. The summed E-state index contributed by atoms with van der Waals surface area (Å²) in [6.45, 7) is 9.08. The van der Waals surface area contributed by atoms with Crippen LogP contribution in [-0.4, -0.2) is 49.0 Å². The van der Waals surface area contributed by atoms with Crippen molar-refractivity contribution in [3.63, 3.8) is 0 Å². The molecule has 3 N–H and O–H groups in total. The van der Waals surface area contributed by atoms with E-state index in [4.69, 9.17) is 39.5 Å². The van der Waals surface area contributed by atoms with Gasteiger partial charge in [0.05, 0.1) is 41.3 Å². The average molecular weight is 766 g/mol. The first-order chi connectivity index (χ1) is 18.9. The van der Waals surface area contributed by atoms with Crippen LogP contribution in [0.25, 0.3) is 0 Å². The molecule has 1 atom stereocenters. The fourth-order valence-corrected chi connectivity index (χ4v) is 4.43. The van der Waals surface area contributed by atoms with Gasteiger partial charge in [0.2, 0.25) is 0 Å². The normalized spacial score (nSPS) is 12.6. The van der Waals surface area contributed by atoms with Crippen LogP contribution in [-0.2, 0) is 60.2 Å². The molecular weight excluding hydrogens is 732 g/mol. The summed E-state index contributed by atoms with van der Waals surface area (Å²) >= 11 is 17.7. The maximum Gasteiger partial charge on any atom is 2.00 e. The number of halogens is 2. The number of aliphatic imine (C=N–C) groups is 2. The molecule has 0 heterocycles. The van der Waals surface area contributed by atoms with Crippen LogP contribution < -0.4 is 25.8 Å². The number of nitrogens with one attached hydrogen (secondary N) is 3. The third-order valence-corrected chi connectivity index (χ3v) is 6.65. The Hall–Kier alpha value is -1.51. The van der Waals surface area contributed by atoms with E-state index >= 15 is 0 Å². The molecule has 0 saturated carbocycles. The summed E-state index contributed by atoms with van der Waals surface area (Å²) in [7, 11) is 0. The summed E-state index contributed by atoms with van der Waals surface area (Å²) in [6.07, 6.45) is 2.35. The zero-order valence-corrected chi connectivity index (χ0v) is 28.3. The zero-order chi connectivity index (χ0) is 28.5. The molecule has 0 aliphatic carbocycles. The van der Waals surface area contributed by atoms with E-state index in [-0.39, 0.29) is 28.3 Å². The summed E-state index contributed by atoms with van der Waals surface area (Å²) in [5.74, 6) is 1.59. The van der Waals surface area contributed by atoms with E-state index in [0.717, 1.165) is 31.6 Å². The van der Waals surface area contributed by atoms with Crippen molar-refractivity contribution in [2.24, 2.45) is 15.1 Å². The Morgan fingerprint density at radius 2 is 1.43 bits per heavy atom. The minimum Gasteiger partial charge on any atom is -0.742 e. The Kier molecular flexibility index (Phi) is 19.4. The van der Waals surface area contributed by atoms with E-state index in [1.54, 1.807) is 6.21 Å². The van der Waals surface area contributed by atoms with Gasteiger partial charge in [-0.2, -0.15) is 5.10 Å². The predicted octanol–water partition coefficient (Wildman–Crippen LogP) is 4.98. The zero-order valence-electron chi connectivity index (χ0n) is 22.5. The van der Waals surface area contributed by atoms with E-state index in [0.29, 0.717) is 51.1 Å². The van der Waals surface area contributed by atoms with Gasteiger partial charge in [0, 0.05) is 19.4 Å². The second-order valence-electron chi connectivity index (χ2n) is 7.89. The number of rotatable bonds is 16. The smallest absolute Gasteiger partial charge is 0.742 e. The van der Waals surface area contributed by atoms with Crippen LogP contribution in [0.2, 0.25) is 0 Å².